The van der Waals surface area contributed by atoms with Crippen LogP contribution in [0.25, 0.3) is 0 Å². The average molecular weight is 124 g/mol. The van der Waals surface area contributed by atoms with Crippen LogP contribution in [0, 0.1) is 23.7 Å². The van der Waals surface area contributed by atoms with Crippen molar-refractivity contribution in [1.82, 2.24) is 0 Å². The Bertz CT molecular complexity index is 99.2. The summed E-state index contributed by atoms with van der Waals surface area (Å²) >= 11 is 0. The van der Waals surface area contributed by atoms with Crippen LogP contribution in [0.1, 0.15) is 33.1 Å². The molecule has 2 fully saturated rings. The molecule has 2 aliphatic carbocycles. The molecule has 52 valence electrons. The molecule has 0 aromatic carbocycles. The van der Waals surface area contributed by atoms with Gasteiger partial charge in [0.1, 0.15) is 0 Å². The van der Waals surface area contributed by atoms with Gasteiger partial charge in [-0.05, 0) is 42.9 Å². The second kappa shape index (κ2) is 1.74. The van der Waals surface area contributed by atoms with Gasteiger partial charge in [-0.25, -0.2) is 0 Å². The summed E-state index contributed by atoms with van der Waals surface area (Å²) in [6, 6.07) is 0. The van der Waals surface area contributed by atoms with E-state index in [1.807, 2.05) is 0 Å². The lowest BCUT2D eigenvalue weighted by Crippen LogP contribution is -2.15. The maximum absolute atomic E-state index is 2.44. The van der Waals surface area contributed by atoms with Gasteiger partial charge < -0.3 is 0 Å². The Kier molecular flexibility index (Phi) is 1.12. The van der Waals surface area contributed by atoms with Gasteiger partial charge in [0.05, 0.1) is 0 Å². The topological polar surface area (TPSA) is 0 Å². The van der Waals surface area contributed by atoms with Crippen molar-refractivity contribution in [3.05, 3.63) is 0 Å². The third kappa shape index (κ3) is 0.653. The van der Waals surface area contributed by atoms with Gasteiger partial charge in [-0.15, -0.1) is 0 Å². The molecule has 9 heavy (non-hydrogen) atoms. The second-order valence-corrected chi connectivity index (χ2v) is 4.05. The van der Waals surface area contributed by atoms with Crippen LogP contribution in [0.4, 0.5) is 0 Å². The highest BCUT2D eigenvalue weighted by Gasteiger charge is 2.42. The molecular formula is C9H16. The first kappa shape index (κ1) is 5.76. The SMILES string of the molecule is C[C@@H]1C2CCC(C2)[C@H]1C. The molecule has 0 aromatic rings. The molecule has 4 atom stereocenters. The smallest absolute Gasteiger partial charge is 0.0383 e. The Hall–Kier alpha value is 0. The molecule has 0 amide bonds. The summed E-state index contributed by atoms with van der Waals surface area (Å²) in [5.74, 6) is 4.32. The summed E-state index contributed by atoms with van der Waals surface area (Å²) in [4.78, 5) is 0. The van der Waals surface area contributed by atoms with E-state index in [2.05, 4.69) is 13.8 Å². The highest BCUT2D eigenvalue weighted by Crippen LogP contribution is 2.51. The Labute approximate surface area is 57.6 Å². The van der Waals surface area contributed by atoms with Crippen LogP contribution in [0.3, 0.4) is 0 Å². The summed E-state index contributed by atoms with van der Waals surface area (Å²) in [5.41, 5.74) is 0. The summed E-state index contributed by atoms with van der Waals surface area (Å²) in [6.45, 7) is 4.88. The molecule has 0 spiro atoms. The van der Waals surface area contributed by atoms with Crippen LogP contribution in [0.15, 0.2) is 0 Å². The van der Waals surface area contributed by atoms with Gasteiger partial charge in [-0.1, -0.05) is 13.8 Å². The molecule has 0 N–H and O–H groups in total. The minimum atomic E-state index is 1.05. The van der Waals surface area contributed by atoms with Crippen molar-refractivity contribution in [2.75, 3.05) is 0 Å². The van der Waals surface area contributed by atoms with Crippen LogP contribution in [0.2, 0.25) is 0 Å². The zero-order chi connectivity index (χ0) is 6.43. The molecule has 0 aromatic heterocycles. The molecule has 2 saturated carbocycles. The van der Waals surface area contributed by atoms with Crippen molar-refractivity contribution in [2.45, 2.75) is 33.1 Å². The van der Waals surface area contributed by atoms with Crippen molar-refractivity contribution in [1.29, 1.82) is 0 Å². The lowest BCUT2D eigenvalue weighted by atomic mass is 9.82. The van der Waals surface area contributed by atoms with Gasteiger partial charge in [0, 0.05) is 0 Å². The van der Waals surface area contributed by atoms with Crippen molar-refractivity contribution in [2.24, 2.45) is 23.7 Å². The number of rotatable bonds is 0. The van der Waals surface area contributed by atoms with Crippen LogP contribution >= 0.6 is 0 Å². The summed E-state index contributed by atoms with van der Waals surface area (Å²) in [6.07, 6.45) is 4.63. The van der Waals surface area contributed by atoms with Crippen molar-refractivity contribution < 1.29 is 0 Å². The Morgan fingerprint density at radius 2 is 1.33 bits per heavy atom. The molecule has 0 heteroatoms. The Balaban J connectivity index is 2.15. The van der Waals surface area contributed by atoms with E-state index in [1.165, 1.54) is 12.8 Å². The van der Waals surface area contributed by atoms with E-state index in [-0.39, 0.29) is 0 Å². The summed E-state index contributed by atoms with van der Waals surface area (Å²) in [5, 5.41) is 0. The second-order valence-electron chi connectivity index (χ2n) is 4.05. The fourth-order valence-electron chi connectivity index (χ4n) is 2.87. The van der Waals surface area contributed by atoms with E-state index in [0.29, 0.717) is 0 Å². The van der Waals surface area contributed by atoms with Crippen LogP contribution in [-0.4, -0.2) is 0 Å². The lowest BCUT2D eigenvalue weighted by Gasteiger charge is -2.24. The lowest BCUT2D eigenvalue weighted by molar-refractivity contribution is 0.259. The van der Waals surface area contributed by atoms with Gasteiger partial charge in [0.15, 0.2) is 0 Å². The number of hydrogen-bond donors (Lipinski definition) is 0. The molecule has 0 heterocycles. The average Bonchev–Trinajstić information content (AvgIpc) is 2.37. The van der Waals surface area contributed by atoms with Crippen molar-refractivity contribution in [3.8, 4) is 0 Å². The molecule has 2 unspecified atom stereocenters. The molecule has 2 bridgehead atoms. The third-order valence-electron chi connectivity index (χ3n) is 3.83. The quantitative estimate of drug-likeness (QED) is 0.465. The zero-order valence-corrected chi connectivity index (χ0v) is 6.43. The predicted octanol–water partition coefficient (Wildman–Crippen LogP) is 2.69. The van der Waals surface area contributed by atoms with E-state index in [4.69, 9.17) is 0 Å². The van der Waals surface area contributed by atoms with Gasteiger partial charge in [-0.2, -0.15) is 0 Å². The minimum Gasteiger partial charge on any atom is -0.0620 e. The number of hydrogen-bond acceptors (Lipinski definition) is 0. The fraction of sp³-hybridized carbons (Fsp3) is 1.00. The maximum Gasteiger partial charge on any atom is -0.0383 e. The largest absolute Gasteiger partial charge is 0.0620 e. The van der Waals surface area contributed by atoms with Crippen LogP contribution in [-0.2, 0) is 0 Å². The van der Waals surface area contributed by atoms with Crippen LogP contribution in [0.5, 0.6) is 0 Å². The Morgan fingerprint density at radius 3 is 1.56 bits per heavy atom. The molecule has 0 radical (unpaired) electrons. The fourth-order valence-corrected chi connectivity index (χ4v) is 2.87. The van der Waals surface area contributed by atoms with Gasteiger partial charge >= 0.3 is 0 Å². The normalized spacial score (nSPS) is 56.7. The van der Waals surface area contributed by atoms with Gasteiger partial charge in [0.2, 0.25) is 0 Å². The highest BCUT2D eigenvalue weighted by molar-refractivity contribution is 4.92. The predicted molar refractivity (Wildman–Crippen MR) is 39.2 cm³/mol. The molecule has 0 nitrogen and oxygen atoms in total. The van der Waals surface area contributed by atoms with E-state index >= 15 is 0 Å². The van der Waals surface area contributed by atoms with Gasteiger partial charge in [-0.3, -0.25) is 0 Å². The first-order valence-electron chi connectivity index (χ1n) is 4.29. The molecule has 0 saturated heterocycles. The van der Waals surface area contributed by atoms with E-state index < -0.39 is 0 Å². The minimum absolute atomic E-state index is 1.05. The van der Waals surface area contributed by atoms with Crippen molar-refractivity contribution >= 4 is 0 Å². The van der Waals surface area contributed by atoms with Crippen molar-refractivity contribution in [3.63, 3.8) is 0 Å². The third-order valence-corrected chi connectivity index (χ3v) is 3.83. The molecule has 2 rings (SSSR count). The highest BCUT2D eigenvalue weighted by atomic mass is 14.5. The molecule has 2 aliphatic rings. The monoisotopic (exact) mass is 124 g/mol. The summed E-state index contributed by atoms with van der Waals surface area (Å²) < 4.78 is 0. The maximum atomic E-state index is 2.44. The standard InChI is InChI=1S/C9H16/c1-6-7(2)9-4-3-8(6)5-9/h6-9H,3-5H2,1-2H3/t6-,7-,8?,9?/m0/s1. The molecule has 0 aliphatic heterocycles. The molecular weight excluding hydrogens is 108 g/mol. The number of fused-ring (bicyclic) bond motifs is 2. The Morgan fingerprint density at radius 1 is 0.889 bits per heavy atom. The van der Waals surface area contributed by atoms with E-state index in [1.54, 1.807) is 6.42 Å². The van der Waals surface area contributed by atoms with E-state index in [0.717, 1.165) is 23.7 Å². The zero-order valence-electron chi connectivity index (χ0n) is 6.43. The van der Waals surface area contributed by atoms with Gasteiger partial charge in [0.25, 0.3) is 0 Å². The van der Waals surface area contributed by atoms with Crippen LogP contribution < -0.4 is 0 Å². The first-order valence-corrected chi connectivity index (χ1v) is 4.29. The first-order chi connectivity index (χ1) is 4.29. The van der Waals surface area contributed by atoms with E-state index in [9.17, 15) is 0 Å². The summed E-state index contributed by atoms with van der Waals surface area (Å²) in [7, 11) is 0.